The topological polar surface area (TPSA) is 61.3 Å². The lowest BCUT2D eigenvalue weighted by Crippen LogP contribution is -2.25. The monoisotopic (exact) mass is 312 g/mol. The van der Waals surface area contributed by atoms with Gasteiger partial charge in [0.1, 0.15) is 5.75 Å². The highest BCUT2D eigenvalue weighted by Crippen LogP contribution is 2.39. The highest BCUT2D eigenvalue weighted by molar-refractivity contribution is 6.31. The largest absolute Gasteiger partial charge is 0.493 e. The molecule has 0 saturated heterocycles. The molecular weight excluding hydrogens is 284 g/mol. The van der Waals surface area contributed by atoms with Crippen molar-refractivity contribution in [2.45, 2.75) is 46.5 Å². The van der Waals surface area contributed by atoms with Crippen LogP contribution in [0.2, 0.25) is 5.02 Å². The zero-order valence-electron chi connectivity index (χ0n) is 13.7. The van der Waals surface area contributed by atoms with Crippen molar-refractivity contribution in [3.05, 3.63) is 27.8 Å². The summed E-state index contributed by atoms with van der Waals surface area (Å²) in [6, 6.07) is 1.99. The Hall–Kier alpha value is -0.770. The van der Waals surface area contributed by atoms with Crippen LogP contribution in [0.1, 0.15) is 49.3 Å². The summed E-state index contributed by atoms with van der Waals surface area (Å²) in [7, 11) is 0. The fourth-order valence-corrected chi connectivity index (χ4v) is 3.04. The molecule has 0 radical (unpaired) electrons. The van der Waals surface area contributed by atoms with Crippen LogP contribution in [-0.2, 0) is 0 Å². The molecule has 1 atom stereocenters. The summed E-state index contributed by atoms with van der Waals surface area (Å²) >= 11 is 6.37. The Morgan fingerprint density at radius 3 is 2.38 bits per heavy atom. The number of rotatable bonds is 8. The predicted octanol–water partition coefficient (Wildman–Crippen LogP) is 3.77. The molecule has 0 aliphatic carbocycles. The number of benzene rings is 1. The van der Waals surface area contributed by atoms with Crippen LogP contribution in [0.3, 0.4) is 0 Å². The molecule has 0 amide bonds. The average molecular weight is 313 g/mol. The molecule has 0 heterocycles. The smallest absolute Gasteiger partial charge is 0.126 e. The van der Waals surface area contributed by atoms with E-state index in [1.54, 1.807) is 0 Å². The minimum Gasteiger partial charge on any atom is -0.493 e. The highest BCUT2D eigenvalue weighted by Gasteiger charge is 2.21. The van der Waals surface area contributed by atoms with Gasteiger partial charge in [0.15, 0.2) is 0 Å². The van der Waals surface area contributed by atoms with E-state index in [0.717, 1.165) is 41.3 Å². The van der Waals surface area contributed by atoms with Gasteiger partial charge < -0.3 is 16.2 Å². The van der Waals surface area contributed by atoms with Gasteiger partial charge in [-0.2, -0.15) is 0 Å². The maximum Gasteiger partial charge on any atom is 0.126 e. The average Bonchev–Trinajstić information content (AvgIpc) is 2.46. The van der Waals surface area contributed by atoms with Gasteiger partial charge in [0.2, 0.25) is 0 Å². The van der Waals surface area contributed by atoms with E-state index in [2.05, 4.69) is 27.7 Å². The Balaban J connectivity index is 3.17. The molecule has 0 aliphatic heterocycles. The summed E-state index contributed by atoms with van der Waals surface area (Å²) in [6.45, 7) is 10.4. The maximum atomic E-state index is 6.37. The van der Waals surface area contributed by atoms with Crippen molar-refractivity contribution < 1.29 is 4.74 Å². The third-order valence-electron chi connectivity index (χ3n) is 4.01. The number of halogens is 1. The first kappa shape index (κ1) is 18.3. The van der Waals surface area contributed by atoms with Gasteiger partial charge in [-0.1, -0.05) is 25.4 Å². The predicted molar refractivity (Wildman–Crippen MR) is 91.3 cm³/mol. The second kappa shape index (κ2) is 8.62. The van der Waals surface area contributed by atoms with Gasteiger partial charge in [0.05, 0.1) is 6.61 Å². The van der Waals surface area contributed by atoms with E-state index in [0.29, 0.717) is 24.9 Å². The third kappa shape index (κ3) is 4.60. The summed E-state index contributed by atoms with van der Waals surface area (Å²) in [6.07, 6.45) is 1.94. The molecule has 1 aromatic carbocycles. The molecule has 0 spiro atoms. The number of hydrogen-bond donors (Lipinski definition) is 2. The molecule has 0 fully saturated rings. The summed E-state index contributed by atoms with van der Waals surface area (Å²) < 4.78 is 6.00. The molecule has 3 nitrogen and oxygen atoms in total. The van der Waals surface area contributed by atoms with Crippen molar-refractivity contribution in [2.24, 2.45) is 17.4 Å². The summed E-state index contributed by atoms with van der Waals surface area (Å²) in [4.78, 5) is 0. The Labute approximate surface area is 134 Å². The SMILES string of the molecule is CCCOc1c(C)cc(Cl)c(C)c1C(C)CC(CN)CN. The summed E-state index contributed by atoms with van der Waals surface area (Å²) in [5.74, 6) is 1.64. The van der Waals surface area contributed by atoms with Crippen molar-refractivity contribution in [3.63, 3.8) is 0 Å². The first-order valence-electron chi connectivity index (χ1n) is 7.78. The molecule has 0 saturated carbocycles. The zero-order valence-corrected chi connectivity index (χ0v) is 14.5. The summed E-state index contributed by atoms with van der Waals surface area (Å²) in [5.41, 5.74) is 15.0. The second-order valence-corrected chi connectivity index (χ2v) is 6.27. The van der Waals surface area contributed by atoms with Gasteiger partial charge in [0, 0.05) is 10.6 Å². The molecule has 4 N–H and O–H groups in total. The van der Waals surface area contributed by atoms with E-state index in [4.69, 9.17) is 27.8 Å². The first-order valence-corrected chi connectivity index (χ1v) is 8.16. The summed E-state index contributed by atoms with van der Waals surface area (Å²) in [5, 5.41) is 0.801. The lowest BCUT2D eigenvalue weighted by molar-refractivity contribution is 0.308. The molecule has 21 heavy (non-hydrogen) atoms. The van der Waals surface area contributed by atoms with E-state index in [1.165, 1.54) is 5.56 Å². The van der Waals surface area contributed by atoms with E-state index in [1.807, 2.05) is 6.07 Å². The fourth-order valence-electron chi connectivity index (χ4n) is 2.77. The van der Waals surface area contributed by atoms with E-state index in [-0.39, 0.29) is 0 Å². The van der Waals surface area contributed by atoms with Crippen molar-refractivity contribution >= 4 is 11.6 Å². The van der Waals surface area contributed by atoms with Gasteiger partial charge in [-0.25, -0.2) is 0 Å². The highest BCUT2D eigenvalue weighted by atomic mass is 35.5. The molecule has 120 valence electrons. The molecule has 0 aromatic heterocycles. The van der Waals surface area contributed by atoms with Crippen LogP contribution in [0.4, 0.5) is 0 Å². The van der Waals surface area contributed by atoms with Gasteiger partial charge >= 0.3 is 0 Å². The Morgan fingerprint density at radius 2 is 1.86 bits per heavy atom. The Bertz CT molecular complexity index is 459. The standard InChI is InChI=1S/C17H29ClN2O/c1-5-6-21-17-12(3)8-15(18)13(4)16(17)11(2)7-14(9-19)10-20/h8,11,14H,5-7,9-10,19-20H2,1-4H3. The van der Waals surface area contributed by atoms with E-state index < -0.39 is 0 Å². The fraction of sp³-hybridized carbons (Fsp3) is 0.647. The second-order valence-electron chi connectivity index (χ2n) is 5.87. The number of aryl methyl sites for hydroxylation is 1. The van der Waals surface area contributed by atoms with Crippen molar-refractivity contribution in [1.82, 2.24) is 0 Å². The van der Waals surface area contributed by atoms with E-state index in [9.17, 15) is 0 Å². The molecule has 4 heteroatoms. The number of hydrogen-bond acceptors (Lipinski definition) is 3. The van der Waals surface area contributed by atoms with Crippen LogP contribution >= 0.6 is 11.6 Å². The molecule has 0 bridgehead atoms. The van der Waals surface area contributed by atoms with Crippen molar-refractivity contribution in [2.75, 3.05) is 19.7 Å². The molecule has 1 aromatic rings. The van der Waals surface area contributed by atoms with Gasteiger partial charge in [-0.15, -0.1) is 0 Å². The van der Waals surface area contributed by atoms with Crippen molar-refractivity contribution in [1.29, 1.82) is 0 Å². The zero-order chi connectivity index (χ0) is 16.0. The first-order chi connectivity index (χ1) is 9.96. The van der Waals surface area contributed by atoms with E-state index >= 15 is 0 Å². The van der Waals surface area contributed by atoms with Crippen LogP contribution in [0.25, 0.3) is 0 Å². The van der Waals surface area contributed by atoms with Crippen LogP contribution in [0.15, 0.2) is 6.07 Å². The van der Waals surface area contributed by atoms with Crippen LogP contribution in [0.5, 0.6) is 5.75 Å². The lowest BCUT2D eigenvalue weighted by Gasteiger charge is -2.24. The van der Waals surface area contributed by atoms with Gasteiger partial charge in [-0.3, -0.25) is 0 Å². The number of ether oxygens (including phenoxy) is 1. The van der Waals surface area contributed by atoms with Crippen LogP contribution in [-0.4, -0.2) is 19.7 Å². The Kier molecular flexibility index (Phi) is 7.50. The van der Waals surface area contributed by atoms with Crippen LogP contribution < -0.4 is 16.2 Å². The number of nitrogens with two attached hydrogens (primary N) is 2. The third-order valence-corrected chi connectivity index (χ3v) is 4.40. The molecular formula is C17H29ClN2O. The molecule has 1 rings (SSSR count). The minimum atomic E-state index is 0.325. The van der Waals surface area contributed by atoms with Gasteiger partial charge in [-0.05, 0) is 68.8 Å². The molecule has 1 unspecified atom stereocenters. The Morgan fingerprint density at radius 1 is 1.24 bits per heavy atom. The normalized spacial score (nSPS) is 12.8. The minimum absolute atomic E-state index is 0.325. The quantitative estimate of drug-likeness (QED) is 0.768. The lowest BCUT2D eigenvalue weighted by atomic mass is 9.86. The van der Waals surface area contributed by atoms with Gasteiger partial charge in [0.25, 0.3) is 0 Å². The molecule has 0 aliphatic rings. The maximum absolute atomic E-state index is 6.37. The van der Waals surface area contributed by atoms with Crippen LogP contribution in [0, 0.1) is 19.8 Å². The van der Waals surface area contributed by atoms with Crippen molar-refractivity contribution in [3.8, 4) is 5.75 Å².